The molecule has 34 heavy (non-hydrogen) atoms. The summed E-state index contributed by atoms with van der Waals surface area (Å²) in [5.74, 6) is 0.582. The molecule has 2 aromatic heterocycles. The molecule has 0 spiro atoms. The highest BCUT2D eigenvalue weighted by atomic mass is 32.1. The predicted molar refractivity (Wildman–Crippen MR) is 136 cm³/mol. The van der Waals surface area contributed by atoms with Crippen LogP contribution in [0.2, 0.25) is 0 Å². The van der Waals surface area contributed by atoms with E-state index >= 15 is 0 Å². The summed E-state index contributed by atoms with van der Waals surface area (Å²) in [5.41, 5.74) is 3.44. The molecule has 1 amide bonds. The van der Waals surface area contributed by atoms with Crippen LogP contribution in [-0.4, -0.2) is 26.9 Å². The maximum atomic E-state index is 13.8. The number of carbonyl (C=O) groups is 1. The minimum Gasteiger partial charge on any atom is -0.333 e. The van der Waals surface area contributed by atoms with E-state index in [2.05, 4.69) is 0 Å². The molecule has 3 heterocycles. The van der Waals surface area contributed by atoms with Crippen LogP contribution in [0.5, 0.6) is 0 Å². The van der Waals surface area contributed by atoms with Crippen LogP contribution in [-0.2, 0) is 17.8 Å². The second-order valence-corrected chi connectivity index (χ2v) is 9.32. The average Bonchev–Trinajstić information content (AvgIpc) is 3.39. The highest BCUT2D eigenvalue weighted by Gasteiger charge is 2.27. The molecule has 0 saturated heterocycles. The summed E-state index contributed by atoms with van der Waals surface area (Å²) >= 11 is 1.59. The fourth-order valence-corrected chi connectivity index (χ4v) is 5.14. The molecular formula is C28H25N3O2S. The first kappa shape index (κ1) is 22.0. The summed E-state index contributed by atoms with van der Waals surface area (Å²) < 4.78 is 1.80. The van der Waals surface area contributed by atoms with Crippen molar-refractivity contribution < 1.29 is 4.79 Å². The van der Waals surface area contributed by atoms with Crippen molar-refractivity contribution in [1.82, 2.24) is 14.5 Å². The standard InChI is InChI=1S/C28H25N3O2S/c1-20-29-25-19-30(26(32)15-14-23-13-8-18-34-23)17-16-24(25)28(33)31(20)27(21-9-4-2-5-10-21)22-11-6-3-7-12-22/h2-15,18,27H,16-17,19H2,1H3/b15-14+. The Kier molecular flexibility index (Phi) is 6.23. The highest BCUT2D eigenvalue weighted by molar-refractivity contribution is 7.10. The van der Waals surface area contributed by atoms with Gasteiger partial charge in [0, 0.05) is 23.1 Å². The molecule has 4 aromatic rings. The minimum absolute atomic E-state index is 0.0265. The Morgan fingerprint density at radius 2 is 1.68 bits per heavy atom. The summed E-state index contributed by atoms with van der Waals surface area (Å²) in [6.07, 6.45) is 3.94. The number of thiophene rings is 1. The Hall–Kier alpha value is -3.77. The Morgan fingerprint density at radius 3 is 2.29 bits per heavy atom. The molecule has 1 aliphatic rings. The first-order valence-electron chi connectivity index (χ1n) is 11.3. The zero-order valence-electron chi connectivity index (χ0n) is 18.9. The Labute approximate surface area is 202 Å². The van der Waals surface area contributed by atoms with Crippen LogP contribution >= 0.6 is 11.3 Å². The fourth-order valence-electron chi connectivity index (χ4n) is 4.52. The van der Waals surface area contributed by atoms with Crippen LogP contribution in [0.25, 0.3) is 6.08 Å². The molecule has 0 unspecified atom stereocenters. The van der Waals surface area contributed by atoms with Crippen LogP contribution in [0.4, 0.5) is 0 Å². The van der Waals surface area contributed by atoms with Gasteiger partial charge in [0.25, 0.3) is 5.56 Å². The van der Waals surface area contributed by atoms with Gasteiger partial charge >= 0.3 is 0 Å². The van der Waals surface area contributed by atoms with E-state index in [-0.39, 0.29) is 17.5 Å². The monoisotopic (exact) mass is 467 g/mol. The van der Waals surface area contributed by atoms with Crippen molar-refractivity contribution in [2.75, 3.05) is 6.54 Å². The first-order chi connectivity index (χ1) is 16.6. The van der Waals surface area contributed by atoms with E-state index in [1.165, 1.54) is 0 Å². The van der Waals surface area contributed by atoms with Crippen molar-refractivity contribution in [2.24, 2.45) is 0 Å². The van der Waals surface area contributed by atoms with Gasteiger partial charge in [0.2, 0.25) is 5.91 Å². The predicted octanol–water partition coefficient (Wildman–Crippen LogP) is 4.85. The number of aromatic nitrogens is 2. The third kappa shape index (κ3) is 4.37. The third-order valence-corrected chi connectivity index (χ3v) is 7.01. The molecule has 0 atom stereocenters. The lowest BCUT2D eigenvalue weighted by molar-refractivity contribution is -0.126. The molecule has 6 heteroatoms. The van der Waals surface area contributed by atoms with Crippen molar-refractivity contribution in [3.05, 3.63) is 128 Å². The van der Waals surface area contributed by atoms with Crippen LogP contribution in [0.3, 0.4) is 0 Å². The van der Waals surface area contributed by atoms with Crippen LogP contribution < -0.4 is 5.56 Å². The van der Waals surface area contributed by atoms with Crippen molar-refractivity contribution in [3.63, 3.8) is 0 Å². The molecule has 1 aliphatic heterocycles. The fraction of sp³-hybridized carbons (Fsp3) is 0.179. The number of hydrogen-bond acceptors (Lipinski definition) is 4. The lowest BCUT2D eigenvalue weighted by Crippen LogP contribution is -2.41. The number of carbonyl (C=O) groups excluding carboxylic acids is 1. The van der Waals surface area contributed by atoms with Gasteiger partial charge in [-0.25, -0.2) is 4.98 Å². The summed E-state index contributed by atoms with van der Waals surface area (Å²) in [4.78, 5) is 34.2. The summed E-state index contributed by atoms with van der Waals surface area (Å²) in [6.45, 7) is 2.72. The van der Waals surface area contributed by atoms with Crippen LogP contribution in [0.15, 0.2) is 89.0 Å². The van der Waals surface area contributed by atoms with E-state index in [1.54, 1.807) is 26.9 Å². The zero-order chi connectivity index (χ0) is 23.5. The summed E-state index contributed by atoms with van der Waals surface area (Å²) in [7, 11) is 0. The van der Waals surface area contributed by atoms with Gasteiger partial charge in [-0.1, -0.05) is 66.7 Å². The smallest absolute Gasteiger partial charge is 0.257 e. The first-order valence-corrected chi connectivity index (χ1v) is 12.2. The summed E-state index contributed by atoms with van der Waals surface area (Å²) in [6, 6.07) is 23.8. The van der Waals surface area contributed by atoms with Crippen molar-refractivity contribution in [3.8, 4) is 0 Å². The largest absolute Gasteiger partial charge is 0.333 e. The molecule has 0 N–H and O–H groups in total. The van der Waals surface area contributed by atoms with E-state index in [9.17, 15) is 9.59 Å². The highest BCUT2D eigenvalue weighted by Crippen LogP contribution is 2.27. The Morgan fingerprint density at radius 1 is 1.00 bits per heavy atom. The maximum absolute atomic E-state index is 13.8. The number of aryl methyl sites for hydroxylation is 1. The number of fused-ring (bicyclic) bond motifs is 1. The molecule has 0 bridgehead atoms. The van der Waals surface area contributed by atoms with E-state index < -0.39 is 0 Å². The lowest BCUT2D eigenvalue weighted by atomic mass is 9.97. The Balaban J connectivity index is 1.50. The second-order valence-electron chi connectivity index (χ2n) is 8.34. The minimum atomic E-state index is -0.263. The van der Waals surface area contributed by atoms with Crippen molar-refractivity contribution in [2.45, 2.75) is 25.9 Å². The average molecular weight is 468 g/mol. The number of amides is 1. The third-order valence-electron chi connectivity index (χ3n) is 6.18. The number of nitrogens with zero attached hydrogens (tertiary/aromatic N) is 3. The van der Waals surface area contributed by atoms with E-state index in [1.807, 2.05) is 91.2 Å². The zero-order valence-corrected chi connectivity index (χ0v) is 19.7. The summed E-state index contributed by atoms with van der Waals surface area (Å²) in [5, 5.41) is 1.98. The van der Waals surface area contributed by atoms with Gasteiger partial charge in [-0.05, 0) is 42.0 Å². The number of rotatable bonds is 5. The van der Waals surface area contributed by atoms with Gasteiger partial charge in [0.15, 0.2) is 0 Å². The van der Waals surface area contributed by atoms with Gasteiger partial charge in [0.1, 0.15) is 5.82 Å². The molecule has 170 valence electrons. The number of hydrogen-bond donors (Lipinski definition) is 0. The molecule has 0 fully saturated rings. The Bertz CT molecular complexity index is 1340. The number of benzene rings is 2. The molecule has 5 nitrogen and oxygen atoms in total. The second kappa shape index (κ2) is 9.61. The van der Waals surface area contributed by atoms with Gasteiger partial charge in [0.05, 0.1) is 18.3 Å². The van der Waals surface area contributed by atoms with Crippen molar-refractivity contribution in [1.29, 1.82) is 0 Å². The van der Waals surface area contributed by atoms with Crippen LogP contribution in [0.1, 0.15) is 39.1 Å². The van der Waals surface area contributed by atoms with Crippen LogP contribution in [0, 0.1) is 6.92 Å². The van der Waals surface area contributed by atoms with Gasteiger partial charge < -0.3 is 4.90 Å². The SMILES string of the molecule is Cc1nc2c(c(=O)n1C(c1ccccc1)c1ccccc1)CCN(C(=O)/C=C/c1cccs1)C2. The van der Waals surface area contributed by atoms with Gasteiger partial charge in [-0.2, -0.15) is 0 Å². The van der Waals surface area contributed by atoms with Gasteiger partial charge in [-0.3, -0.25) is 14.2 Å². The lowest BCUT2D eigenvalue weighted by Gasteiger charge is -2.30. The molecule has 5 rings (SSSR count). The topological polar surface area (TPSA) is 55.2 Å². The molecule has 0 saturated carbocycles. The molecular weight excluding hydrogens is 442 g/mol. The normalized spacial score (nSPS) is 13.4. The molecule has 0 radical (unpaired) electrons. The van der Waals surface area contributed by atoms with Crippen molar-refractivity contribution >= 4 is 23.3 Å². The van der Waals surface area contributed by atoms with E-state index in [0.29, 0.717) is 36.6 Å². The molecule has 0 aliphatic carbocycles. The maximum Gasteiger partial charge on any atom is 0.257 e. The quantitative estimate of drug-likeness (QED) is 0.394. The molecule has 2 aromatic carbocycles. The van der Waals surface area contributed by atoms with E-state index in [4.69, 9.17) is 4.98 Å². The van der Waals surface area contributed by atoms with Gasteiger partial charge in [-0.15, -0.1) is 11.3 Å². The van der Waals surface area contributed by atoms with E-state index in [0.717, 1.165) is 16.0 Å².